The Balaban J connectivity index is 1.69. The first-order valence-corrected chi connectivity index (χ1v) is 12.3. The van der Waals surface area contributed by atoms with Crippen LogP contribution in [-0.2, 0) is 29.8 Å². The molecule has 2 aromatic carbocycles. The third kappa shape index (κ3) is 5.92. The molecule has 2 atom stereocenters. The molecule has 0 aromatic heterocycles. The molecule has 1 fully saturated rings. The van der Waals surface area contributed by atoms with Crippen LogP contribution in [0.15, 0.2) is 53.4 Å². The normalized spacial score (nSPS) is 18.6. The number of halogens is 1. The van der Waals surface area contributed by atoms with Gasteiger partial charge in [0.1, 0.15) is 12.1 Å². The number of likely N-dealkylation sites (tertiary alicyclic amines) is 1. The maximum Gasteiger partial charge on any atom is 0.328 e. The van der Waals surface area contributed by atoms with Gasteiger partial charge in [-0.25, -0.2) is 22.3 Å². The second-order valence-electron chi connectivity index (χ2n) is 9.09. The molecule has 1 heterocycles. The Kier molecular flexibility index (Phi) is 7.62. The number of nitrogens with one attached hydrogen (secondary N) is 1. The van der Waals surface area contributed by atoms with Crippen LogP contribution in [0.1, 0.15) is 32.8 Å². The number of nitrogens with zero attached hydrogens (tertiary/aromatic N) is 1. The standard InChI is InChI=1S/C24H29FN2O6S/c1-24(2,3)16-9-11-18(12-10-16)34(30,31)26-14-22(28)27-15-17(13-20(27)23(29)32-4)33-21-8-6-5-7-19(21)25/h5-12,17,20,26H,13-15H2,1-4H3. The van der Waals surface area contributed by atoms with E-state index >= 15 is 0 Å². The second-order valence-corrected chi connectivity index (χ2v) is 10.9. The average Bonchev–Trinajstić information content (AvgIpc) is 3.22. The van der Waals surface area contributed by atoms with Crippen LogP contribution < -0.4 is 9.46 Å². The Morgan fingerprint density at radius 2 is 1.76 bits per heavy atom. The van der Waals surface area contributed by atoms with E-state index in [1.165, 1.54) is 42.3 Å². The van der Waals surface area contributed by atoms with E-state index in [1.807, 2.05) is 20.8 Å². The van der Waals surface area contributed by atoms with Crippen molar-refractivity contribution in [2.45, 2.75) is 49.6 Å². The van der Waals surface area contributed by atoms with Crippen LogP contribution in [0.3, 0.4) is 0 Å². The minimum atomic E-state index is -3.95. The van der Waals surface area contributed by atoms with E-state index < -0.39 is 46.4 Å². The lowest BCUT2D eigenvalue weighted by molar-refractivity contribution is -0.150. The van der Waals surface area contributed by atoms with Crippen molar-refractivity contribution in [3.8, 4) is 5.75 Å². The van der Waals surface area contributed by atoms with Crippen LogP contribution in [0.4, 0.5) is 4.39 Å². The van der Waals surface area contributed by atoms with Gasteiger partial charge in [-0.3, -0.25) is 4.79 Å². The second kappa shape index (κ2) is 10.1. The van der Waals surface area contributed by atoms with Crippen LogP contribution in [0.2, 0.25) is 0 Å². The number of sulfonamides is 1. The minimum Gasteiger partial charge on any atom is -0.485 e. The molecule has 184 valence electrons. The number of carbonyl (C=O) groups excluding carboxylic acids is 2. The zero-order chi connectivity index (χ0) is 25.1. The first-order chi connectivity index (χ1) is 15.9. The van der Waals surface area contributed by atoms with Gasteiger partial charge in [-0.15, -0.1) is 0 Å². The molecule has 1 aliphatic rings. The molecule has 1 saturated heterocycles. The zero-order valence-electron chi connectivity index (χ0n) is 19.6. The predicted octanol–water partition coefficient (Wildman–Crippen LogP) is 2.62. The van der Waals surface area contributed by atoms with E-state index in [-0.39, 0.29) is 29.0 Å². The summed E-state index contributed by atoms with van der Waals surface area (Å²) in [7, 11) is -2.76. The highest BCUT2D eigenvalue weighted by Crippen LogP contribution is 2.26. The summed E-state index contributed by atoms with van der Waals surface area (Å²) in [6.07, 6.45) is -0.570. The lowest BCUT2D eigenvalue weighted by Gasteiger charge is -2.22. The van der Waals surface area contributed by atoms with Gasteiger partial charge in [0.25, 0.3) is 0 Å². The minimum absolute atomic E-state index is 0.00446. The van der Waals surface area contributed by atoms with Crippen molar-refractivity contribution < 1.29 is 31.9 Å². The fraction of sp³-hybridized carbons (Fsp3) is 0.417. The molecule has 0 radical (unpaired) electrons. The molecule has 2 unspecified atom stereocenters. The molecular weight excluding hydrogens is 463 g/mol. The summed E-state index contributed by atoms with van der Waals surface area (Å²) in [4.78, 5) is 26.3. The van der Waals surface area contributed by atoms with Crippen molar-refractivity contribution in [1.82, 2.24) is 9.62 Å². The molecular formula is C24H29FN2O6S. The SMILES string of the molecule is COC(=O)C1CC(Oc2ccccc2F)CN1C(=O)CNS(=O)(=O)c1ccc(C(C)(C)C)cc1. The van der Waals surface area contributed by atoms with Crippen molar-refractivity contribution in [1.29, 1.82) is 0 Å². The number of hydrogen-bond acceptors (Lipinski definition) is 6. The third-order valence-electron chi connectivity index (χ3n) is 5.63. The fourth-order valence-corrected chi connectivity index (χ4v) is 4.69. The van der Waals surface area contributed by atoms with Gasteiger partial charge in [-0.2, -0.15) is 0 Å². The fourth-order valence-electron chi connectivity index (χ4n) is 3.71. The number of benzene rings is 2. The van der Waals surface area contributed by atoms with E-state index in [1.54, 1.807) is 18.2 Å². The Bertz CT molecular complexity index is 1140. The largest absolute Gasteiger partial charge is 0.485 e. The van der Waals surface area contributed by atoms with E-state index in [9.17, 15) is 22.4 Å². The molecule has 10 heteroatoms. The van der Waals surface area contributed by atoms with E-state index in [4.69, 9.17) is 9.47 Å². The Morgan fingerprint density at radius 3 is 2.35 bits per heavy atom. The maximum absolute atomic E-state index is 14.0. The molecule has 34 heavy (non-hydrogen) atoms. The molecule has 2 aromatic rings. The van der Waals surface area contributed by atoms with Gasteiger partial charge in [0.2, 0.25) is 15.9 Å². The smallest absolute Gasteiger partial charge is 0.328 e. The Labute approximate surface area is 199 Å². The first-order valence-electron chi connectivity index (χ1n) is 10.8. The summed E-state index contributed by atoms with van der Waals surface area (Å²) in [6, 6.07) is 11.3. The Morgan fingerprint density at radius 1 is 1.12 bits per heavy atom. The van der Waals surface area contributed by atoms with Gasteiger partial charge < -0.3 is 14.4 Å². The van der Waals surface area contributed by atoms with Gasteiger partial charge in [0.05, 0.1) is 25.1 Å². The van der Waals surface area contributed by atoms with Crippen molar-refractivity contribution in [2.24, 2.45) is 0 Å². The molecule has 0 saturated carbocycles. The number of amides is 1. The summed E-state index contributed by atoms with van der Waals surface area (Å²) in [6.45, 7) is 5.48. The predicted molar refractivity (Wildman–Crippen MR) is 123 cm³/mol. The molecule has 1 amide bonds. The molecule has 1 N–H and O–H groups in total. The first kappa shape index (κ1) is 25.6. The molecule has 8 nitrogen and oxygen atoms in total. The van der Waals surface area contributed by atoms with Crippen molar-refractivity contribution in [3.05, 3.63) is 59.9 Å². The van der Waals surface area contributed by atoms with Crippen LogP contribution in [-0.4, -0.2) is 57.5 Å². The van der Waals surface area contributed by atoms with E-state index in [0.29, 0.717) is 0 Å². The van der Waals surface area contributed by atoms with Gasteiger partial charge in [0, 0.05) is 6.42 Å². The number of para-hydroxylation sites is 1. The summed E-state index contributed by atoms with van der Waals surface area (Å²) in [5.74, 6) is -1.84. The monoisotopic (exact) mass is 492 g/mol. The number of esters is 1. The quantitative estimate of drug-likeness (QED) is 0.597. The molecule has 0 aliphatic carbocycles. The summed E-state index contributed by atoms with van der Waals surface area (Å²) in [5, 5.41) is 0. The molecule has 1 aliphatic heterocycles. The zero-order valence-corrected chi connectivity index (χ0v) is 20.4. The highest BCUT2D eigenvalue weighted by Gasteiger charge is 2.41. The highest BCUT2D eigenvalue weighted by atomic mass is 32.2. The Hall–Kier alpha value is -2.98. The van der Waals surface area contributed by atoms with Crippen molar-refractivity contribution in [3.63, 3.8) is 0 Å². The van der Waals surface area contributed by atoms with Crippen molar-refractivity contribution in [2.75, 3.05) is 20.2 Å². The van der Waals surface area contributed by atoms with Crippen LogP contribution in [0, 0.1) is 5.82 Å². The lowest BCUT2D eigenvalue weighted by Crippen LogP contribution is -2.46. The number of ether oxygens (including phenoxy) is 2. The van der Waals surface area contributed by atoms with E-state index in [0.717, 1.165) is 5.56 Å². The van der Waals surface area contributed by atoms with E-state index in [2.05, 4.69) is 4.72 Å². The number of rotatable bonds is 7. The number of methoxy groups -OCH3 is 1. The number of hydrogen-bond donors (Lipinski definition) is 1. The van der Waals surface area contributed by atoms with Gasteiger partial charge >= 0.3 is 5.97 Å². The topological polar surface area (TPSA) is 102 Å². The molecule has 0 bridgehead atoms. The summed E-state index contributed by atoms with van der Waals surface area (Å²) >= 11 is 0. The van der Waals surface area contributed by atoms with Gasteiger partial charge in [0.15, 0.2) is 11.6 Å². The number of carbonyl (C=O) groups is 2. The van der Waals surface area contributed by atoms with Gasteiger partial charge in [-0.1, -0.05) is 45.0 Å². The third-order valence-corrected chi connectivity index (χ3v) is 7.05. The summed E-state index contributed by atoms with van der Waals surface area (Å²) in [5.41, 5.74) is 0.840. The van der Waals surface area contributed by atoms with Crippen LogP contribution >= 0.6 is 0 Å². The average molecular weight is 493 g/mol. The maximum atomic E-state index is 14.0. The molecule has 0 spiro atoms. The highest BCUT2D eigenvalue weighted by molar-refractivity contribution is 7.89. The summed E-state index contributed by atoms with van der Waals surface area (Å²) < 4.78 is 52.1. The van der Waals surface area contributed by atoms with Crippen LogP contribution in [0.5, 0.6) is 5.75 Å². The van der Waals surface area contributed by atoms with Gasteiger partial charge in [-0.05, 0) is 35.2 Å². The van der Waals surface area contributed by atoms with Crippen LogP contribution in [0.25, 0.3) is 0 Å². The molecule has 3 rings (SSSR count). The lowest BCUT2D eigenvalue weighted by atomic mass is 9.87. The van der Waals surface area contributed by atoms with Crippen molar-refractivity contribution >= 4 is 21.9 Å².